The van der Waals surface area contributed by atoms with Crippen molar-refractivity contribution < 1.29 is 19.4 Å². The van der Waals surface area contributed by atoms with Gasteiger partial charge in [0.05, 0.1) is 13.7 Å². The standard InChI is InChI=1S/C25H30N2O4/c1-3-4-5-6-7-8-15-31-23-14-9-19(17-24(23)30-2)16-20(18-26)25(29)27-21-10-12-22(28)13-11-21/h9-14,16-17,28H,3-8,15H2,1-2H3,(H,27,29)/b20-16+. The number of hydrogen-bond acceptors (Lipinski definition) is 5. The molecule has 0 fully saturated rings. The normalized spacial score (nSPS) is 10.9. The van der Waals surface area contributed by atoms with Crippen LogP contribution < -0.4 is 14.8 Å². The lowest BCUT2D eigenvalue weighted by Gasteiger charge is -2.11. The summed E-state index contributed by atoms with van der Waals surface area (Å²) >= 11 is 0. The lowest BCUT2D eigenvalue weighted by molar-refractivity contribution is -0.112. The highest BCUT2D eigenvalue weighted by atomic mass is 16.5. The molecule has 0 aliphatic carbocycles. The number of carbonyl (C=O) groups excluding carboxylic acids is 1. The number of nitrogens with zero attached hydrogens (tertiary/aromatic N) is 1. The third-order valence-corrected chi connectivity index (χ3v) is 4.74. The van der Waals surface area contributed by atoms with Crippen molar-refractivity contribution in [1.29, 1.82) is 5.26 Å². The second-order valence-corrected chi connectivity index (χ2v) is 7.20. The molecule has 6 nitrogen and oxygen atoms in total. The fourth-order valence-electron chi connectivity index (χ4n) is 3.02. The molecule has 0 heterocycles. The van der Waals surface area contributed by atoms with Crippen molar-refractivity contribution in [2.75, 3.05) is 19.0 Å². The van der Waals surface area contributed by atoms with Gasteiger partial charge in [0.25, 0.3) is 5.91 Å². The van der Waals surface area contributed by atoms with Crippen LogP contribution in [-0.4, -0.2) is 24.7 Å². The molecule has 0 bridgehead atoms. The number of carbonyl (C=O) groups is 1. The van der Waals surface area contributed by atoms with Gasteiger partial charge in [-0.1, -0.05) is 45.1 Å². The molecule has 0 aliphatic heterocycles. The number of nitrogens with one attached hydrogen (secondary N) is 1. The van der Waals surface area contributed by atoms with E-state index in [-0.39, 0.29) is 11.3 Å². The Labute approximate surface area is 184 Å². The predicted octanol–water partition coefficient (Wildman–Crippen LogP) is 5.69. The molecule has 2 N–H and O–H groups in total. The minimum absolute atomic E-state index is 0.0455. The highest BCUT2D eigenvalue weighted by Crippen LogP contribution is 2.29. The zero-order valence-electron chi connectivity index (χ0n) is 18.2. The number of nitriles is 1. The summed E-state index contributed by atoms with van der Waals surface area (Å²) in [7, 11) is 1.56. The van der Waals surface area contributed by atoms with Gasteiger partial charge in [-0.3, -0.25) is 4.79 Å². The fourth-order valence-corrected chi connectivity index (χ4v) is 3.02. The molecule has 1 amide bonds. The summed E-state index contributed by atoms with van der Waals surface area (Å²) in [6, 6.07) is 13.3. The number of amides is 1. The smallest absolute Gasteiger partial charge is 0.266 e. The van der Waals surface area contributed by atoms with Crippen LogP contribution in [0.4, 0.5) is 5.69 Å². The highest BCUT2D eigenvalue weighted by molar-refractivity contribution is 6.09. The van der Waals surface area contributed by atoms with Crippen molar-refractivity contribution in [3.8, 4) is 23.3 Å². The van der Waals surface area contributed by atoms with E-state index in [2.05, 4.69) is 12.2 Å². The van der Waals surface area contributed by atoms with E-state index in [9.17, 15) is 15.2 Å². The number of anilines is 1. The maximum atomic E-state index is 12.4. The number of phenols is 1. The van der Waals surface area contributed by atoms with Crippen molar-refractivity contribution >= 4 is 17.7 Å². The maximum absolute atomic E-state index is 12.4. The average molecular weight is 423 g/mol. The van der Waals surface area contributed by atoms with Gasteiger partial charge in [0.15, 0.2) is 11.5 Å². The molecule has 0 saturated carbocycles. The van der Waals surface area contributed by atoms with Crippen molar-refractivity contribution in [3.05, 3.63) is 53.6 Å². The summed E-state index contributed by atoms with van der Waals surface area (Å²) in [5.41, 5.74) is 1.09. The van der Waals surface area contributed by atoms with Crippen molar-refractivity contribution in [2.45, 2.75) is 45.4 Å². The van der Waals surface area contributed by atoms with Crippen LogP contribution in [0, 0.1) is 11.3 Å². The predicted molar refractivity (Wildman–Crippen MR) is 122 cm³/mol. The van der Waals surface area contributed by atoms with Gasteiger partial charge in [-0.2, -0.15) is 5.26 Å². The number of unbranched alkanes of at least 4 members (excludes halogenated alkanes) is 5. The molecule has 0 atom stereocenters. The number of rotatable bonds is 12. The molecule has 0 unspecified atom stereocenters. The van der Waals surface area contributed by atoms with Gasteiger partial charge >= 0.3 is 0 Å². The molecular weight excluding hydrogens is 392 g/mol. The Morgan fingerprint density at radius 3 is 2.45 bits per heavy atom. The SMILES string of the molecule is CCCCCCCCOc1ccc(/C=C(\C#N)C(=O)Nc2ccc(O)cc2)cc1OC. The first kappa shape index (κ1) is 23.8. The topological polar surface area (TPSA) is 91.6 Å². The Balaban J connectivity index is 1.99. The van der Waals surface area contributed by atoms with Crippen LogP contribution in [-0.2, 0) is 4.79 Å². The average Bonchev–Trinajstić information content (AvgIpc) is 2.78. The largest absolute Gasteiger partial charge is 0.508 e. The van der Waals surface area contributed by atoms with Gasteiger partial charge in [-0.15, -0.1) is 0 Å². The number of benzene rings is 2. The van der Waals surface area contributed by atoms with Gasteiger partial charge in [-0.25, -0.2) is 0 Å². The molecule has 0 radical (unpaired) electrons. The first-order valence-electron chi connectivity index (χ1n) is 10.6. The van der Waals surface area contributed by atoms with E-state index in [0.29, 0.717) is 29.4 Å². The third kappa shape index (κ3) is 8.06. The van der Waals surface area contributed by atoms with Crippen LogP contribution in [0.15, 0.2) is 48.0 Å². The van der Waals surface area contributed by atoms with E-state index in [1.807, 2.05) is 6.07 Å². The first-order chi connectivity index (χ1) is 15.1. The quantitative estimate of drug-likeness (QED) is 0.199. The Morgan fingerprint density at radius 2 is 1.77 bits per heavy atom. The number of hydrogen-bond donors (Lipinski definition) is 2. The lowest BCUT2D eigenvalue weighted by Crippen LogP contribution is -2.13. The molecular formula is C25H30N2O4. The molecule has 31 heavy (non-hydrogen) atoms. The molecule has 0 aliphatic rings. The number of methoxy groups -OCH3 is 1. The molecule has 0 spiro atoms. The van der Waals surface area contributed by atoms with Gasteiger partial charge in [0.2, 0.25) is 0 Å². The summed E-state index contributed by atoms with van der Waals surface area (Å²) in [5.74, 6) is 0.756. The molecule has 0 saturated heterocycles. The van der Waals surface area contributed by atoms with E-state index >= 15 is 0 Å². The molecule has 2 aromatic rings. The second kappa shape index (κ2) is 13.0. The monoisotopic (exact) mass is 422 g/mol. The van der Waals surface area contributed by atoms with E-state index in [0.717, 1.165) is 12.8 Å². The van der Waals surface area contributed by atoms with Crippen LogP contribution in [0.1, 0.15) is 51.0 Å². The zero-order valence-corrected chi connectivity index (χ0v) is 18.2. The number of aromatic hydroxyl groups is 1. The highest BCUT2D eigenvalue weighted by Gasteiger charge is 2.11. The summed E-state index contributed by atoms with van der Waals surface area (Å²) in [6.07, 6.45) is 8.64. The third-order valence-electron chi connectivity index (χ3n) is 4.74. The van der Waals surface area contributed by atoms with Crippen LogP contribution in [0.3, 0.4) is 0 Å². The van der Waals surface area contributed by atoms with E-state index in [1.165, 1.54) is 43.9 Å². The number of ether oxygens (including phenoxy) is 2. The van der Waals surface area contributed by atoms with Crippen LogP contribution in [0.25, 0.3) is 6.08 Å². The Morgan fingerprint density at radius 1 is 1.06 bits per heavy atom. The van der Waals surface area contributed by atoms with Crippen LogP contribution in [0.5, 0.6) is 17.2 Å². The first-order valence-corrected chi connectivity index (χ1v) is 10.6. The van der Waals surface area contributed by atoms with Gasteiger partial charge in [0, 0.05) is 5.69 Å². The van der Waals surface area contributed by atoms with Crippen molar-refractivity contribution in [1.82, 2.24) is 0 Å². The van der Waals surface area contributed by atoms with Crippen molar-refractivity contribution in [2.24, 2.45) is 0 Å². The minimum Gasteiger partial charge on any atom is -0.508 e. The second-order valence-electron chi connectivity index (χ2n) is 7.20. The van der Waals surface area contributed by atoms with E-state index in [4.69, 9.17) is 9.47 Å². The summed E-state index contributed by atoms with van der Waals surface area (Å²) < 4.78 is 11.3. The minimum atomic E-state index is -0.532. The van der Waals surface area contributed by atoms with Gasteiger partial charge < -0.3 is 19.9 Å². The molecule has 2 aromatic carbocycles. The molecule has 6 heteroatoms. The lowest BCUT2D eigenvalue weighted by atomic mass is 10.1. The Bertz CT molecular complexity index is 914. The van der Waals surface area contributed by atoms with Crippen LogP contribution >= 0.6 is 0 Å². The summed E-state index contributed by atoms with van der Waals surface area (Å²) in [6.45, 7) is 2.83. The van der Waals surface area contributed by atoms with E-state index in [1.54, 1.807) is 37.4 Å². The van der Waals surface area contributed by atoms with E-state index < -0.39 is 5.91 Å². The summed E-state index contributed by atoms with van der Waals surface area (Å²) in [5, 5.41) is 21.4. The van der Waals surface area contributed by atoms with Gasteiger partial charge in [-0.05, 0) is 54.5 Å². The molecule has 164 valence electrons. The van der Waals surface area contributed by atoms with Crippen molar-refractivity contribution in [3.63, 3.8) is 0 Å². The zero-order chi connectivity index (χ0) is 22.5. The van der Waals surface area contributed by atoms with Gasteiger partial charge in [0.1, 0.15) is 17.4 Å². The molecule has 0 aromatic heterocycles. The maximum Gasteiger partial charge on any atom is 0.266 e. The Hall–Kier alpha value is -3.46. The Kier molecular flexibility index (Phi) is 9.96. The number of phenolic OH excluding ortho intramolecular Hbond substituents is 1. The van der Waals surface area contributed by atoms with Crippen LogP contribution in [0.2, 0.25) is 0 Å². The molecule has 2 rings (SSSR count). The fraction of sp³-hybridized carbons (Fsp3) is 0.360. The summed E-state index contributed by atoms with van der Waals surface area (Å²) in [4.78, 5) is 12.4.